The topological polar surface area (TPSA) is 58.6 Å². The van der Waals surface area contributed by atoms with Crippen LogP contribution < -0.4 is 14.5 Å². The highest BCUT2D eigenvalue weighted by Crippen LogP contribution is 2.30. The van der Waals surface area contributed by atoms with Crippen LogP contribution in [0.15, 0.2) is 30.6 Å². The van der Waals surface area contributed by atoms with E-state index in [1.165, 1.54) is 6.33 Å². The molecule has 160 valence electrons. The second kappa shape index (κ2) is 8.98. The molecule has 6 nitrogen and oxygen atoms in total. The van der Waals surface area contributed by atoms with E-state index in [0.717, 1.165) is 43.7 Å². The van der Waals surface area contributed by atoms with Crippen molar-refractivity contribution in [3.8, 4) is 5.75 Å². The SMILES string of the molecule is CC(=O)C[C@@H](C)c1ccc(OC2CCN(c3ncnc(N4CCCC4)c3F)C2)cc1. The standard InChI is InChI=1S/C23H29FN4O2/c1-16(13-17(2)29)18-5-7-19(8-6-18)30-20-9-12-28(14-20)23-21(24)22(25-15-26-23)27-10-3-4-11-27/h5-8,15-16,20H,3-4,9-14H2,1-2H3/t16-,20?/m1/s1. The lowest BCUT2D eigenvalue weighted by atomic mass is 9.96. The Hall–Kier alpha value is -2.70. The van der Waals surface area contributed by atoms with Crippen LogP contribution in [-0.2, 0) is 4.79 Å². The van der Waals surface area contributed by atoms with Crippen molar-refractivity contribution in [2.24, 2.45) is 0 Å². The summed E-state index contributed by atoms with van der Waals surface area (Å²) in [5.41, 5.74) is 1.13. The summed E-state index contributed by atoms with van der Waals surface area (Å²) in [4.78, 5) is 23.7. The van der Waals surface area contributed by atoms with Crippen molar-refractivity contribution in [3.63, 3.8) is 0 Å². The molecule has 0 saturated carbocycles. The minimum atomic E-state index is -0.330. The summed E-state index contributed by atoms with van der Waals surface area (Å²) in [5, 5.41) is 0. The maximum absolute atomic E-state index is 15.1. The fourth-order valence-corrected chi connectivity index (χ4v) is 4.35. The number of ether oxygens (including phenoxy) is 1. The Morgan fingerprint density at radius 3 is 2.47 bits per heavy atom. The number of halogens is 1. The van der Waals surface area contributed by atoms with Crippen molar-refractivity contribution >= 4 is 17.4 Å². The van der Waals surface area contributed by atoms with E-state index in [2.05, 4.69) is 16.9 Å². The number of Topliss-reactive ketones (excluding diaryl/α,β-unsaturated/α-hetero) is 1. The Kier molecular flexibility index (Phi) is 6.16. The lowest BCUT2D eigenvalue weighted by Crippen LogP contribution is -2.28. The van der Waals surface area contributed by atoms with Gasteiger partial charge in [-0.3, -0.25) is 0 Å². The fourth-order valence-electron chi connectivity index (χ4n) is 4.35. The first-order valence-electron chi connectivity index (χ1n) is 10.8. The van der Waals surface area contributed by atoms with Gasteiger partial charge in [-0.15, -0.1) is 0 Å². The molecule has 0 bridgehead atoms. The number of ketones is 1. The number of carbonyl (C=O) groups is 1. The quantitative estimate of drug-likeness (QED) is 0.686. The molecule has 30 heavy (non-hydrogen) atoms. The van der Waals surface area contributed by atoms with Crippen LogP contribution in [0.25, 0.3) is 0 Å². The van der Waals surface area contributed by atoms with E-state index in [1.54, 1.807) is 6.92 Å². The first-order valence-corrected chi connectivity index (χ1v) is 10.8. The van der Waals surface area contributed by atoms with Crippen molar-refractivity contribution in [2.45, 2.75) is 51.6 Å². The van der Waals surface area contributed by atoms with Crippen LogP contribution in [0.3, 0.4) is 0 Å². The van der Waals surface area contributed by atoms with E-state index in [-0.39, 0.29) is 23.6 Å². The third-order valence-electron chi connectivity index (χ3n) is 5.95. The largest absolute Gasteiger partial charge is 0.489 e. The van der Waals surface area contributed by atoms with Gasteiger partial charge in [0.1, 0.15) is 24.0 Å². The molecule has 0 amide bonds. The fraction of sp³-hybridized carbons (Fsp3) is 0.522. The van der Waals surface area contributed by atoms with Crippen molar-refractivity contribution in [1.29, 1.82) is 0 Å². The number of rotatable bonds is 7. The molecule has 0 radical (unpaired) electrons. The molecule has 2 saturated heterocycles. The lowest BCUT2D eigenvalue weighted by Gasteiger charge is -2.22. The molecule has 2 aromatic rings. The molecule has 7 heteroatoms. The Morgan fingerprint density at radius 2 is 1.80 bits per heavy atom. The number of hydrogen-bond donors (Lipinski definition) is 0. The third kappa shape index (κ3) is 4.55. The molecule has 2 aliphatic rings. The summed E-state index contributed by atoms with van der Waals surface area (Å²) < 4.78 is 21.2. The number of benzene rings is 1. The van der Waals surface area contributed by atoms with Crippen molar-refractivity contribution in [2.75, 3.05) is 36.0 Å². The summed E-state index contributed by atoms with van der Waals surface area (Å²) in [6.45, 7) is 6.66. The smallest absolute Gasteiger partial charge is 0.208 e. The molecule has 0 spiro atoms. The Balaban J connectivity index is 1.38. The molecule has 3 heterocycles. The van der Waals surface area contributed by atoms with E-state index in [9.17, 15) is 4.79 Å². The van der Waals surface area contributed by atoms with Gasteiger partial charge >= 0.3 is 0 Å². The number of aromatic nitrogens is 2. The van der Waals surface area contributed by atoms with Crippen LogP contribution in [0.1, 0.15) is 51.0 Å². The summed E-state index contributed by atoms with van der Waals surface area (Å²) in [7, 11) is 0. The van der Waals surface area contributed by atoms with Gasteiger partial charge in [-0.05, 0) is 43.4 Å². The highest BCUT2D eigenvalue weighted by Gasteiger charge is 2.29. The maximum Gasteiger partial charge on any atom is 0.208 e. The van der Waals surface area contributed by atoms with Gasteiger partial charge in [0.2, 0.25) is 5.82 Å². The Morgan fingerprint density at radius 1 is 1.13 bits per heavy atom. The van der Waals surface area contributed by atoms with E-state index in [1.807, 2.05) is 34.1 Å². The third-order valence-corrected chi connectivity index (χ3v) is 5.95. The van der Waals surface area contributed by atoms with Crippen molar-refractivity contribution in [1.82, 2.24) is 9.97 Å². The van der Waals surface area contributed by atoms with Gasteiger partial charge in [0.25, 0.3) is 0 Å². The molecule has 4 rings (SSSR count). The van der Waals surface area contributed by atoms with Crippen LogP contribution in [-0.4, -0.2) is 48.0 Å². The highest BCUT2D eigenvalue weighted by atomic mass is 19.1. The Labute approximate surface area is 177 Å². The van der Waals surface area contributed by atoms with Gasteiger partial charge in [0.05, 0.1) is 6.54 Å². The van der Waals surface area contributed by atoms with Crippen molar-refractivity contribution < 1.29 is 13.9 Å². The number of hydrogen-bond acceptors (Lipinski definition) is 6. The van der Waals surface area contributed by atoms with Crippen LogP contribution in [0.5, 0.6) is 5.75 Å². The first-order chi connectivity index (χ1) is 14.5. The molecule has 1 unspecified atom stereocenters. The minimum absolute atomic E-state index is 0.0184. The van der Waals surface area contributed by atoms with Gasteiger partial charge in [-0.25, -0.2) is 9.97 Å². The van der Waals surface area contributed by atoms with E-state index in [0.29, 0.717) is 31.1 Å². The molecule has 2 aliphatic heterocycles. The highest BCUT2D eigenvalue weighted by molar-refractivity contribution is 5.76. The van der Waals surface area contributed by atoms with Gasteiger partial charge < -0.3 is 19.3 Å². The predicted octanol–water partition coefficient (Wildman–Crippen LogP) is 3.96. The number of anilines is 2. The average molecular weight is 413 g/mol. The number of carbonyl (C=O) groups excluding carboxylic acids is 1. The summed E-state index contributed by atoms with van der Waals surface area (Å²) in [6, 6.07) is 7.93. The molecule has 0 aliphatic carbocycles. The summed E-state index contributed by atoms with van der Waals surface area (Å²) >= 11 is 0. The van der Waals surface area contributed by atoms with Gasteiger partial charge in [-0.2, -0.15) is 4.39 Å². The lowest BCUT2D eigenvalue weighted by molar-refractivity contribution is -0.117. The minimum Gasteiger partial charge on any atom is -0.489 e. The summed E-state index contributed by atoms with van der Waals surface area (Å²) in [5.74, 6) is 1.64. The van der Waals surface area contributed by atoms with Crippen molar-refractivity contribution in [3.05, 3.63) is 42.0 Å². The van der Waals surface area contributed by atoms with Crippen LogP contribution in [0.4, 0.5) is 16.0 Å². The van der Waals surface area contributed by atoms with E-state index >= 15 is 4.39 Å². The van der Waals surface area contributed by atoms with Gasteiger partial charge in [0.15, 0.2) is 11.6 Å². The molecule has 0 N–H and O–H groups in total. The normalized spacial score (nSPS) is 19.9. The van der Waals surface area contributed by atoms with E-state index in [4.69, 9.17) is 4.74 Å². The average Bonchev–Trinajstić information content (AvgIpc) is 3.40. The second-order valence-corrected chi connectivity index (χ2v) is 8.38. The van der Waals surface area contributed by atoms with Crippen LogP contribution >= 0.6 is 0 Å². The molecular formula is C23H29FN4O2. The Bertz CT molecular complexity index is 883. The monoisotopic (exact) mass is 412 g/mol. The zero-order valence-electron chi connectivity index (χ0n) is 17.7. The van der Waals surface area contributed by atoms with Crippen LogP contribution in [0.2, 0.25) is 0 Å². The number of nitrogens with zero attached hydrogens (tertiary/aromatic N) is 4. The zero-order valence-corrected chi connectivity index (χ0v) is 17.7. The molecule has 1 aromatic heterocycles. The maximum atomic E-state index is 15.1. The van der Waals surface area contributed by atoms with Crippen LogP contribution in [0, 0.1) is 5.82 Å². The summed E-state index contributed by atoms with van der Waals surface area (Å²) in [6.07, 6.45) is 4.94. The zero-order chi connectivity index (χ0) is 21.1. The predicted molar refractivity (Wildman–Crippen MR) is 115 cm³/mol. The molecular weight excluding hydrogens is 383 g/mol. The second-order valence-electron chi connectivity index (χ2n) is 8.38. The van der Waals surface area contributed by atoms with E-state index < -0.39 is 0 Å². The first kappa shape index (κ1) is 20.6. The van der Waals surface area contributed by atoms with Gasteiger partial charge in [-0.1, -0.05) is 19.1 Å². The molecule has 2 atom stereocenters. The van der Waals surface area contributed by atoms with Gasteiger partial charge in [0, 0.05) is 32.5 Å². The molecule has 1 aromatic carbocycles. The molecule has 2 fully saturated rings.